The SMILES string of the molecule is CC.CC.CCC(C)C(C)CC.F. The van der Waals surface area contributed by atoms with Gasteiger partial charge in [-0.2, -0.15) is 0 Å². The molecule has 0 heterocycles. The van der Waals surface area contributed by atoms with Gasteiger partial charge < -0.3 is 0 Å². The molecule has 0 saturated heterocycles. The maximum absolute atomic E-state index is 2.33. The van der Waals surface area contributed by atoms with E-state index in [2.05, 4.69) is 27.7 Å². The average molecular weight is 194 g/mol. The third-order valence-electron chi connectivity index (χ3n) is 2.26. The highest BCUT2D eigenvalue weighted by Gasteiger charge is 2.05. The summed E-state index contributed by atoms with van der Waals surface area (Å²) >= 11 is 0. The zero-order chi connectivity index (χ0) is 10.6. The lowest BCUT2D eigenvalue weighted by atomic mass is 9.92. The predicted molar refractivity (Wildman–Crippen MR) is 64.1 cm³/mol. The first kappa shape index (κ1) is 23.1. The zero-order valence-electron chi connectivity index (χ0n) is 11.0. The summed E-state index contributed by atoms with van der Waals surface area (Å²) in [5.74, 6) is 1.83. The Labute approximate surface area is 85.5 Å². The van der Waals surface area contributed by atoms with E-state index in [1.54, 1.807) is 0 Å². The Hall–Kier alpha value is -0.0700. The van der Waals surface area contributed by atoms with Crippen LogP contribution in [0.2, 0.25) is 0 Å². The molecule has 0 fully saturated rings. The van der Waals surface area contributed by atoms with Gasteiger partial charge in [-0.05, 0) is 11.8 Å². The van der Waals surface area contributed by atoms with Crippen molar-refractivity contribution < 1.29 is 4.70 Å². The standard InChI is InChI=1S/C8H18.2C2H6.FH/c1-5-7(3)8(4)6-2;2*1-2;/h7-8H,5-6H2,1-4H3;2*1-2H3;1H. The first-order valence-electron chi connectivity index (χ1n) is 5.72. The highest BCUT2D eigenvalue weighted by Crippen LogP contribution is 2.16. The van der Waals surface area contributed by atoms with E-state index in [-0.39, 0.29) is 4.70 Å². The Morgan fingerprint density at radius 3 is 0.923 bits per heavy atom. The molecule has 0 amide bonds. The summed E-state index contributed by atoms with van der Waals surface area (Å²) < 4.78 is 0. The second kappa shape index (κ2) is 22.7. The summed E-state index contributed by atoms with van der Waals surface area (Å²) in [5, 5.41) is 0. The molecule has 2 unspecified atom stereocenters. The van der Waals surface area contributed by atoms with Crippen LogP contribution in [-0.4, -0.2) is 0 Å². The largest absolute Gasteiger partial charge is 0.269 e. The van der Waals surface area contributed by atoms with E-state index >= 15 is 0 Å². The Kier molecular flexibility index (Phi) is 40.2. The van der Waals surface area contributed by atoms with Crippen molar-refractivity contribution in [3.05, 3.63) is 0 Å². The van der Waals surface area contributed by atoms with Crippen molar-refractivity contribution in [3.63, 3.8) is 0 Å². The summed E-state index contributed by atoms with van der Waals surface area (Å²) in [7, 11) is 0. The van der Waals surface area contributed by atoms with Crippen LogP contribution in [0.4, 0.5) is 4.70 Å². The molecule has 0 aromatic heterocycles. The second-order valence-electron chi connectivity index (χ2n) is 2.77. The molecule has 2 atom stereocenters. The van der Waals surface area contributed by atoms with Gasteiger partial charge in [0.25, 0.3) is 0 Å². The molecule has 0 aliphatic carbocycles. The molecule has 13 heavy (non-hydrogen) atoms. The molecule has 0 N–H and O–H groups in total. The summed E-state index contributed by atoms with van der Waals surface area (Å²) in [6.45, 7) is 17.2. The molecule has 0 aliphatic rings. The van der Waals surface area contributed by atoms with Crippen LogP contribution in [0.15, 0.2) is 0 Å². The van der Waals surface area contributed by atoms with E-state index < -0.39 is 0 Å². The maximum atomic E-state index is 2.33. The molecule has 86 valence electrons. The van der Waals surface area contributed by atoms with Crippen LogP contribution >= 0.6 is 0 Å². The van der Waals surface area contributed by atoms with Crippen LogP contribution in [-0.2, 0) is 0 Å². The lowest BCUT2D eigenvalue weighted by Gasteiger charge is -2.14. The minimum atomic E-state index is 0. The van der Waals surface area contributed by atoms with Crippen molar-refractivity contribution in [1.82, 2.24) is 0 Å². The van der Waals surface area contributed by atoms with E-state index in [9.17, 15) is 0 Å². The third kappa shape index (κ3) is 18.7. The summed E-state index contributed by atoms with van der Waals surface area (Å²) in [6.07, 6.45) is 2.66. The number of halogens is 1. The van der Waals surface area contributed by atoms with Crippen molar-refractivity contribution in [2.24, 2.45) is 11.8 Å². The Balaban J connectivity index is -0.0000000712. The van der Waals surface area contributed by atoms with Crippen LogP contribution in [0.5, 0.6) is 0 Å². The number of hydrogen-bond acceptors (Lipinski definition) is 0. The quantitative estimate of drug-likeness (QED) is 0.573. The summed E-state index contributed by atoms with van der Waals surface area (Å²) in [4.78, 5) is 0. The number of hydrogen-bond donors (Lipinski definition) is 0. The van der Waals surface area contributed by atoms with Gasteiger partial charge in [-0.15, -0.1) is 0 Å². The van der Waals surface area contributed by atoms with Gasteiger partial charge in [-0.3, -0.25) is 4.70 Å². The van der Waals surface area contributed by atoms with Gasteiger partial charge in [0.15, 0.2) is 0 Å². The minimum Gasteiger partial charge on any atom is -0.269 e. The van der Waals surface area contributed by atoms with Crippen LogP contribution in [0.25, 0.3) is 0 Å². The van der Waals surface area contributed by atoms with Gasteiger partial charge in [-0.25, -0.2) is 0 Å². The molecular weight excluding hydrogens is 163 g/mol. The van der Waals surface area contributed by atoms with Crippen LogP contribution in [0.1, 0.15) is 68.2 Å². The van der Waals surface area contributed by atoms with Crippen molar-refractivity contribution >= 4 is 0 Å². The Morgan fingerprint density at radius 1 is 0.692 bits per heavy atom. The minimum absolute atomic E-state index is 0. The second-order valence-corrected chi connectivity index (χ2v) is 2.77. The lowest BCUT2D eigenvalue weighted by Crippen LogP contribution is -2.04. The fraction of sp³-hybridized carbons (Fsp3) is 1.00. The molecule has 0 aromatic carbocycles. The third-order valence-corrected chi connectivity index (χ3v) is 2.26. The van der Waals surface area contributed by atoms with Crippen LogP contribution in [0.3, 0.4) is 0 Å². The van der Waals surface area contributed by atoms with E-state index in [4.69, 9.17) is 0 Å². The molecule has 0 radical (unpaired) electrons. The molecule has 0 nitrogen and oxygen atoms in total. The van der Waals surface area contributed by atoms with Gasteiger partial charge in [0.2, 0.25) is 0 Å². The highest BCUT2D eigenvalue weighted by molar-refractivity contribution is 4.56. The number of rotatable bonds is 3. The molecule has 0 aromatic rings. The van der Waals surface area contributed by atoms with E-state index in [1.165, 1.54) is 12.8 Å². The molecule has 0 spiro atoms. The van der Waals surface area contributed by atoms with Crippen molar-refractivity contribution in [3.8, 4) is 0 Å². The molecule has 0 aliphatic heterocycles. The first-order valence-corrected chi connectivity index (χ1v) is 5.72. The highest BCUT2D eigenvalue weighted by atomic mass is 19.0. The molecular formula is C12H31F. The van der Waals surface area contributed by atoms with Crippen molar-refractivity contribution in [2.45, 2.75) is 68.2 Å². The summed E-state index contributed by atoms with van der Waals surface area (Å²) in [5.41, 5.74) is 0. The Bertz CT molecular complexity index is 45.1. The van der Waals surface area contributed by atoms with Crippen LogP contribution < -0.4 is 0 Å². The average Bonchev–Trinajstić information content (AvgIpc) is 2.21. The lowest BCUT2D eigenvalue weighted by molar-refractivity contribution is 0.367. The fourth-order valence-corrected chi connectivity index (χ4v) is 0.805. The molecule has 0 rings (SSSR count). The fourth-order valence-electron chi connectivity index (χ4n) is 0.805. The van der Waals surface area contributed by atoms with E-state index in [0.717, 1.165) is 11.8 Å². The van der Waals surface area contributed by atoms with E-state index in [1.807, 2.05) is 27.7 Å². The maximum Gasteiger partial charge on any atom is -0.0420 e. The normalized spacial score (nSPS) is 12.0. The van der Waals surface area contributed by atoms with Crippen LogP contribution in [0, 0.1) is 11.8 Å². The monoisotopic (exact) mass is 194 g/mol. The van der Waals surface area contributed by atoms with Gasteiger partial charge in [0.1, 0.15) is 0 Å². The van der Waals surface area contributed by atoms with Gasteiger partial charge in [-0.1, -0.05) is 68.2 Å². The van der Waals surface area contributed by atoms with E-state index in [0.29, 0.717) is 0 Å². The van der Waals surface area contributed by atoms with Gasteiger partial charge in [0, 0.05) is 0 Å². The Morgan fingerprint density at radius 2 is 0.846 bits per heavy atom. The zero-order valence-corrected chi connectivity index (χ0v) is 11.0. The van der Waals surface area contributed by atoms with Crippen molar-refractivity contribution in [1.29, 1.82) is 0 Å². The van der Waals surface area contributed by atoms with Crippen molar-refractivity contribution in [2.75, 3.05) is 0 Å². The molecule has 0 bridgehead atoms. The predicted octanol–water partition coefficient (Wildman–Crippen LogP) is 5.28. The summed E-state index contributed by atoms with van der Waals surface area (Å²) in [6, 6.07) is 0. The van der Waals surface area contributed by atoms with Gasteiger partial charge in [0.05, 0.1) is 0 Å². The molecule has 1 heteroatoms. The smallest absolute Gasteiger partial charge is 0.0420 e. The van der Waals surface area contributed by atoms with Gasteiger partial charge >= 0.3 is 0 Å². The topological polar surface area (TPSA) is 0 Å². The molecule has 0 saturated carbocycles. The first-order chi connectivity index (χ1) is 5.72.